The van der Waals surface area contributed by atoms with E-state index in [0.29, 0.717) is 0 Å². The topological polar surface area (TPSA) is 47.6 Å². The summed E-state index contributed by atoms with van der Waals surface area (Å²) in [4.78, 5) is 0. The minimum atomic E-state index is 0. The first-order chi connectivity index (χ1) is 1.91. The Hall–Kier alpha value is -0.332. The third-order valence-corrected chi connectivity index (χ3v) is 0.0500. The van der Waals surface area contributed by atoms with Crippen molar-refractivity contribution in [3.63, 3.8) is 0 Å². The smallest absolute Gasteiger partial charge is 0 e. The maximum absolute atomic E-state index is 7.26. The van der Waals surface area contributed by atoms with Crippen LogP contribution < -0.4 is 0 Å². The molecule has 0 saturated carbocycles. The molecule has 0 unspecified atom stereocenters. The van der Waals surface area contributed by atoms with Gasteiger partial charge in [0.05, 0.1) is 0 Å². The van der Waals surface area contributed by atoms with E-state index < -0.39 is 0 Å². The third kappa shape index (κ3) is 58.5. The predicted octanol–water partition coefficient (Wildman–Crippen LogP) is -0.885. The molecule has 0 aliphatic carbocycles. The van der Waals surface area contributed by atoms with Gasteiger partial charge < -0.3 is 0 Å². The van der Waals surface area contributed by atoms with Crippen LogP contribution in [0.25, 0.3) is 0 Å². The van der Waals surface area contributed by atoms with E-state index in [1.807, 2.05) is 0 Å². The zero-order valence-corrected chi connectivity index (χ0v) is 3.14. The van der Waals surface area contributed by atoms with Crippen molar-refractivity contribution >= 4 is 10.1 Å². The minimum Gasteiger partial charge on any atom is 0 e. The molecule has 0 heterocycles. The van der Waals surface area contributed by atoms with Crippen molar-refractivity contribution in [1.82, 2.24) is 0 Å². The van der Waals surface area contributed by atoms with E-state index in [9.17, 15) is 0 Å². The van der Waals surface area contributed by atoms with Crippen LogP contribution in [-0.2, 0) is 17.1 Å². The Kier molecular flexibility index (Phi) is 65.3. The molecule has 1 radical (unpaired) electrons. The summed E-state index contributed by atoms with van der Waals surface area (Å²) in [6.45, 7) is 0. The molecule has 0 aliphatic rings. The fourth-order valence-electron chi connectivity index (χ4n) is 0. The predicted molar refractivity (Wildman–Crippen MR) is 19.8 cm³/mol. The molecule has 0 fully saturated rings. The second-order valence-corrected chi connectivity index (χ2v) is 0.224. The number of hydrogen-bond donors (Lipinski definition) is 0. The summed E-state index contributed by atoms with van der Waals surface area (Å²) in [5, 5.41) is 14.5. The molecule has 0 amide bonds. The van der Waals surface area contributed by atoms with Crippen molar-refractivity contribution in [2.24, 2.45) is 0 Å². The average molecular weight is 127 g/mol. The first kappa shape index (κ1) is 17.4. The summed E-state index contributed by atoms with van der Waals surface area (Å²) in [5.41, 5.74) is 0. The van der Waals surface area contributed by atoms with Gasteiger partial charge in [0.2, 0.25) is 0 Å². The Bertz CT molecular complexity index is 66.5. The van der Waals surface area contributed by atoms with Crippen LogP contribution in [0, 0.1) is 22.7 Å². The van der Waals surface area contributed by atoms with Gasteiger partial charge in [-0.2, -0.15) is 10.5 Å². The Morgan fingerprint density at radius 1 is 1.00 bits per heavy atom. The van der Waals surface area contributed by atoms with Crippen LogP contribution in [0.1, 0.15) is 0 Å². The van der Waals surface area contributed by atoms with Crippen LogP contribution in [0.15, 0.2) is 0 Å². The number of rotatable bonds is 0. The number of nitrogens with zero attached hydrogens (tertiary/aromatic N) is 2. The zero-order valence-electron chi connectivity index (χ0n) is 2.20. The van der Waals surface area contributed by atoms with Crippen LogP contribution in [0.3, 0.4) is 0 Å². The zero-order chi connectivity index (χ0) is 3.41. The maximum atomic E-state index is 7.26. The second kappa shape index (κ2) is 22.6. The van der Waals surface area contributed by atoms with E-state index in [1.165, 1.54) is 12.1 Å². The Labute approximate surface area is 50.4 Å². The van der Waals surface area contributed by atoms with Crippen molar-refractivity contribution < 1.29 is 17.1 Å². The molecule has 2 nitrogen and oxygen atoms in total. The molecule has 0 N–H and O–H groups in total. The molecule has 0 rings (SSSR count). The van der Waals surface area contributed by atoms with E-state index >= 15 is 0 Å². The van der Waals surface area contributed by atoms with Gasteiger partial charge >= 0.3 is 10.1 Å². The van der Waals surface area contributed by atoms with Crippen molar-refractivity contribution in [2.75, 3.05) is 0 Å². The Balaban J connectivity index is -0.0000000450. The quantitative estimate of drug-likeness (QED) is 0.396. The molecule has 4 heteroatoms. The second-order valence-electron chi connectivity index (χ2n) is 0.224. The summed E-state index contributed by atoms with van der Waals surface area (Å²) >= 11 is 0. The SMILES string of the molecule is N#CC#N.[BeH2].[Cu]. The summed E-state index contributed by atoms with van der Waals surface area (Å²) in [6, 6.07) is 2.47. The van der Waals surface area contributed by atoms with Crippen LogP contribution in [0.5, 0.6) is 0 Å². The van der Waals surface area contributed by atoms with Crippen LogP contribution in [0.4, 0.5) is 0 Å². The van der Waals surface area contributed by atoms with Gasteiger partial charge in [0.25, 0.3) is 0 Å². The monoisotopic (exact) mass is 126 g/mol. The molecule has 0 bridgehead atoms. The standard InChI is InChI=1S/C2N2.Be.Cu.2H/c3-1-2-4;;;;. The van der Waals surface area contributed by atoms with Gasteiger partial charge in [-0.05, 0) is 0 Å². The van der Waals surface area contributed by atoms with Crippen LogP contribution >= 0.6 is 0 Å². The first-order valence-electron chi connectivity index (χ1n) is 0.697. The molecule has 0 saturated heterocycles. The molecular formula is C2H2BeCuN2. The molecule has 33 valence electrons. The minimum absolute atomic E-state index is 0. The fraction of sp³-hybridized carbons (Fsp3) is 0. The van der Waals surface area contributed by atoms with Crippen molar-refractivity contribution in [3.8, 4) is 12.1 Å². The van der Waals surface area contributed by atoms with E-state index in [4.69, 9.17) is 10.5 Å². The molecule has 0 atom stereocenters. The average Bonchev–Trinajstić information content (AvgIpc) is 1.37. The largest absolute Gasteiger partial charge is 0 e. The number of hydrogen-bond acceptors (Lipinski definition) is 2. The third-order valence-electron chi connectivity index (χ3n) is 0.0500. The molecule has 6 heavy (non-hydrogen) atoms. The van der Waals surface area contributed by atoms with Gasteiger partial charge in [-0.1, -0.05) is 0 Å². The summed E-state index contributed by atoms with van der Waals surface area (Å²) in [7, 11) is 0. The molecule has 0 aromatic rings. The van der Waals surface area contributed by atoms with Gasteiger partial charge in [-0.25, -0.2) is 0 Å². The van der Waals surface area contributed by atoms with Gasteiger partial charge in [0.15, 0.2) is 12.1 Å². The summed E-state index contributed by atoms with van der Waals surface area (Å²) < 4.78 is 0. The molecular weight excluding hydrogens is 125 g/mol. The van der Waals surface area contributed by atoms with Crippen LogP contribution in [0.2, 0.25) is 0 Å². The van der Waals surface area contributed by atoms with Crippen LogP contribution in [-0.4, -0.2) is 10.1 Å². The Morgan fingerprint density at radius 2 is 1.17 bits per heavy atom. The van der Waals surface area contributed by atoms with Crippen molar-refractivity contribution in [2.45, 2.75) is 0 Å². The van der Waals surface area contributed by atoms with Gasteiger partial charge in [0.1, 0.15) is 0 Å². The molecule has 0 spiro atoms. The maximum Gasteiger partial charge on any atom is 0 e. The van der Waals surface area contributed by atoms with Crippen molar-refractivity contribution in [3.05, 3.63) is 0 Å². The van der Waals surface area contributed by atoms with Crippen molar-refractivity contribution in [1.29, 1.82) is 10.5 Å². The first-order valence-corrected chi connectivity index (χ1v) is 0.697. The van der Waals surface area contributed by atoms with E-state index in [1.54, 1.807) is 0 Å². The van der Waals surface area contributed by atoms with E-state index in [0.717, 1.165) is 0 Å². The fourth-order valence-corrected chi connectivity index (χ4v) is 0. The van der Waals surface area contributed by atoms with E-state index in [2.05, 4.69) is 0 Å². The molecule has 0 aliphatic heterocycles. The van der Waals surface area contributed by atoms with Gasteiger partial charge in [-0.3, -0.25) is 0 Å². The summed E-state index contributed by atoms with van der Waals surface area (Å²) in [5.74, 6) is 0. The van der Waals surface area contributed by atoms with E-state index in [-0.39, 0.29) is 27.2 Å². The van der Waals surface area contributed by atoms with Gasteiger partial charge in [0, 0.05) is 17.1 Å². The Morgan fingerprint density at radius 3 is 1.17 bits per heavy atom. The number of nitriles is 2. The molecule has 0 aromatic heterocycles. The van der Waals surface area contributed by atoms with Gasteiger partial charge in [-0.15, -0.1) is 0 Å². The normalized spacial score (nSPS) is 1.67. The summed E-state index contributed by atoms with van der Waals surface area (Å²) in [6.07, 6.45) is 0. The molecule has 0 aromatic carbocycles.